The minimum atomic E-state index is -0.430. The van der Waals surface area contributed by atoms with E-state index in [2.05, 4.69) is 0 Å². The molecule has 3 rings (SSSR count). The molecule has 0 aromatic heterocycles. The molecule has 0 saturated heterocycles. The molecule has 0 bridgehead atoms. The van der Waals surface area contributed by atoms with E-state index in [1.54, 1.807) is 13.2 Å². The number of aliphatic hydroxyl groups excluding tert-OH is 1. The second kappa shape index (κ2) is 3.42. The average Bonchev–Trinajstić information content (AvgIpc) is 2.72. The van der Waals surface area contributed by atoms with E-state index in [1.807, 2.05) is 6.92 Å². The molecule has 3 aliphatic rings. The van der Waals surface area contributed by atoms with Gasteiger partial charge in [-0.05, 0) is 24.5 Å². The molecule has 0 spiro atoms. The van der Waals surface area contributed by atoms with Gasteiger partial charge in [0, 0.05) is 24.9 Å². The highest BCUT2D eigenvalue weighted by molar-refractivity contribution is 5.95. The Morgan fingerprint density at radius 2 is 2.24 bits per heavy atom. The van der Waals surface area contributed by atoms with Crippen LogP contribution in [0.25, 0.3) is 0 Å². The Labute approximate surface area is 102 Å². The summed E-state index contributed by atoms with van der Waals surface area (Å²) in [5, 5.41) is 10.6. The van der Waals surface area contributed by atoms with Gasteiger partial charge in [-0.25, -0.2) is 0 Å². The molecular weight excluding hydrogens is 216 g/mol. The van der Waals surface area contributed by atoms with E-state index >= 15 is 0 Å². The zero-order valence-electron chi connectivity index (χ0n) is 10.5. The number of aliphatic hydroxyl groups is 1. The number of carbonyl (C=O) groups excluding carboxylic acids is 1. The first-order valence-corrected chi connectivity index (χ1v) is 6.53. The summed E-state index contributed by atoms with van der Waals surface area (Å²) in [6.45, 7) is 2.02. The molecule has 3 aliphatic carbocycles. The van der Waals surface area contributed by atoms with Crippen molar-refractivity contribution in [3.63, 3.8) is 0 Å². The fourth-order valence-electron chi connectivity index (χ4n) is 4.43. The van der Waals surface area contributed by atoms with E-state index < -0.39 is 6.10 Å². The van der Waals surface area contributed by atoms with Crippen molar-refractivity contribution >= 4 is 5.78 Å². The Kier molecular flexibility index (Phi) is 2.30. The lowest BCUT2D eigenvalue weighted by Crippen LogP contribution is -2.42. The van der Waals surface area contributed by atoms with Gasteiger partial charge in [0.25, 0.3) is 0 Å². The van der Waals surface area contributed by atoms with E-state index in [4.69, 9.17) is 4.74 Å². The summed E-state index contributed by atoms with van der Waals surface area (Å²) in [6, 6.07) is 0. The molecule has 17 heavy (non-hydrogen) atoms. The molecule has 0 aromatic carbocycles. The second-order valence-corrected chi connectivity index (χ2v) is 6.01. The van der Waals surface area contributed by atoms with E-state index in [-0.39, 0.29) is 22.7 Å². The van der Waals surface area contributed by atoms with Crippen molar-refractivity contribution in [3.05, 3.63) is 11.6 Å². The molecular formula is C14H20O3. The quantitative estimate of drug-likeness (QED) is 0.755. The van der Waals surface area contributed by atoms with E-state index in [1.165, 1.54) is 0 Å². The van der Waals surface area contributed by atoms with E-state index in [0.29, 0.717) is 6.42 Å². The highest BCUT2D eigenvalue weighted by Gasteiger charge is 2.65. The van der Waals surface area contributed by atoms with Crippen LogP contribution in [0.5, 0.6) is 0 Å². The van der Waals surface area contributed by atoms with Crippen molar-refractivity contribution in [1.82, 2.24) is 0 Å². The van der Waals surface area contributed by atoms with Crippen LogP contribution in [0.1, 0.15) is 39.0 Å². The van der Waals surface area contributed by atoms with Crippen molar-refractivity contribution in [2.24, 2.45) is 11.3 Å². The molecule has 0 radical (unpaired) electrons. The summed E-state index contributed by atoms with van der Waals surface area (Å²) in [5.41, 5.74) is 0.329. The summed E-state index contributed by atoms with van der Waals surface area (Å²) in [6.07, 6.45) is 6.00. The largest absolute Gasteiger partial charge is 0.392 e. The van der Waals surface area contributed by atoms with E-state index in [9.17, 15) is 9.90 Å². The topological polar surface area (TPSA) is 46.5 Å². The fourth-order valence-corrected chi connectivity index (χ4v) is 4.43. The molecule has 4 atom stereocenters. The molecule has 3 nitrogen and oxygen atoms in total. The summed E-state index contributed by atoms with van der Waals surface area (Å²) in [5.74, 6) is 0.313. The van der Waals surface area contributed by atoms with Gasteiger partial charge in [-0.2, -0.15) is 0 Å². The number of allylic oxidation sites excluding steroid dienone is 1. The number of hydrogen-bond donors (Lipinski definition) is 1. The first-order valence-electron chi connectivity index (χ1n) is 6.53. The zero-order valence-corrected chi connectivity index (χ0v) is 10.5. The Morgan fingerprint density at radius 1 is 1.47 bits per heavy atom. The van der Waals surface area contributed by atoms with Gasteiger partial charge in [0.1, 0.15) is 0 Å². The standard InChI is InChI=1S/C14H20O3/c1-13-8-9(15)7-11(13)14(17-2)6-4-3-5-10(14)12(13)16/h7,10,12,16H,3-6,8H2,1-2H3/t10-,12-,13+,14-/m1/s1. The summed E-state index contributed by atoms with van der Waals surface area (Å²) in [7, 11) is 1.72. The van der Waals surface area contributed by atoms with Crippen LogP contribution in [0, 0.1) is 11.3 Å². The number of fused-ring (bicyclic) bond motifs is 3. The number of rotatable bonds is 1. The fraction of sp³-hybridized carbons (Fsp3) is 0.786. The monoisotopic (exact) mass is 236 g/mol. The first kappa shape index (κ1) is 11.4. The van der Waals surface area contributed by atoms with Gasteiger partial charge in [-0.15, -0.1) is 0 Å². The maximum Gasteiger partial charge on any atom is 0.156 e. The average molecular weight is 236 g/mol. The summed E-state index contributed by atoms with van der Waals surface area (Å²) < 4.78 is 5.82. The maximum atomic E-state index is 11.7. The molecule has 3 heteroatoms. The Hall–Kier alpha value is -0.670. The maximum absolute atomic E-state index is 11.7. The SMILES string of the molecule is CO[C@]12CCCC[C@@H]1[C@@H](O)[C@@]1(C)CC(=O)C=C12. The zero-order chi connectivity index (χ0) is 12.3. The molecule has 0 unspecified atom stereocenters. The minimum absolute atomic E-state index is 0.141. The van der Waals surface area contributed by atoms with Gasteiger partial charge in [-0.1, -0.05) is 19.8 Å². The summed E-state index contributed by atoms with van der Waals surface area (Å²) >= 11 is 0. The van der Waals surface area contributed by atoms with Gasteiger partial charge in [0.15, 0.2) is 5.78 Å². The van der Waals surface area contributed by atoms with Crippen molar-refractivity contribution in [3.8, 4) is 0 Å². The third-order valence-electron chi connectivity index (χ3n) is 5.23. The smallest absolute Gasteiger partial charge is 0.156 e. The highest BCUT2D eigenvalue weighted by atomic mass is 16.5. The molecule has 0 aliphatic heterocycles. The third kappa shape index (κ3) is 1.22. The first-order chi connectivity index (χ1) is 8.04. The molecule has 0 aromatic rings. The van der Waals surface area contributed by atoms with Crippen LogP contribution in [0.3, 0.4) is 0 Å². The number of ether oxygens (including phenoxy) is 1. The van der Waals surface area contributed by atoms with Gasteiger partial charge in [-0.3, -0.25) is 4.79 Å². The van der Waals surface area contributed by atoms with Crippen LogP contribution in [0.15, 0.2) is 11.6 Å². The highest BCUT2D eigenvalue weighted by Crippen LogP contribution is 2.62. The number of methoxy groups -OCH3 is 1. The summed E-state index contributed by atoms with van der Waals surface area (Å²) in [4.78, 5) is 11.7. The van der Waals surface area contributed by atoms with Crippen molar-refractivity contribution in [1.29, 1.82) is 0 Å². The lowest BCUT2D eigenvalue weighted by atomic mass is 9.75. The predicted octanol–water partition coefficient (Wildman–Crippen LogP) is 1.84. The molecule has 0 heterocycles. The predicted molar refractivity (Wildman–Crippen MR) is 63.5 cm³/mol. The molecule has 2 saturated carbocycles. The van der Waals surface area contributed by atoms with Crippen molar-refractivity contribution in [2.75, 3.05) is 7.11 Å². The minimum Gasteiger partial charge on any atom is -0.392 e. The molecule has 2 fully saturated rings. The van der Waals surface area contributed by atoms with Crippen LogP contribution in [-0.2, 0) is 9.53 Å². The van der Waals surface area contributed by atoms with Gasteiger partial charge < -0.3 is 9.84 Å². The lowest BCUT2D eigenvalue weighted by molar-refractivity contribution is -0.117. The second-order valence-electron chi connectivity index (χ2n) is 6.01. The van der Waals surface area contributed by atoms with Crippen LogP contribution in [-0.4, -0.2) is 29.7 Å². The normalized spacial score (nSPS) is 48.9. The molecule has 94 valence electrons. The third-order valence-corrected chi connectivity index (χ3v) is 5.23. The van der Waals surface area contributed by atoms with Crippen LogP contribution < -0.4 is 0 Å². The van der Waals surface area contributed by atoms with Crippen molar-refractivity contribution in [2.45, 2.75) is 50.7 Å². The number of carbonyl (C=O) groups is 1. The van der Waals surface area contributed by atoms with Crippen LogP contribution >= 0.6 is 0 Å². The number of ketones is 1. The molecule has 0 amide bonds. The van der Waals surface area contributed by atoms with Gasteiger partial charge in [0.05, 0.1) is 11.7 Å². The van der Waals surface area contributed by atoms with Gasteiger partial charge in [0.2, 0.25) is 0 Å². The van der Waals surface area contributed by atoms with Crippen LogP contribution in [0.4, 0.5) is 0 Å². The van der Waals surface area contributed by atoms with Crippen LogP contribution in [0.2, 0.25) is 0 Å². The lowest BCUT2D eigenvalue weighted by Gasteiger charge is -2.39. The Bertz CT molecular complexity index is 400. The van der Waals surface area contributed by atoms with E-state index in [0.717, 1.165) is 31.3 Å². The van der Waals surface area contributed by atoms with Crippen molar-refractivity contribution < 1.29 is 14.6 Å². The van der Waals surface area contributed by atoms with Gasteiger partial charge >= 0.3 is 0 Å². The Morgan fingerprint density at radius 3 is 2.94 bits per heavy atom. The molecule has 1 N–H and O–H groups in total. The number of hydrogen-bond acceptors (Lipinski definition) is 3. The Balaban J connectivity index is 2.14.